The van der Waals surface area contributed by atoms with Crippen LogP contribution in [-0.2, 0) is 37.6 Å². The number of nitrogens with one attached hydrogen (secondary N) is 1. The van der Waals surface area contributed by atoms with E-state index in [1.807, 2.05) is 48.5 Å². The fourth-order valence-electron chi connectivity index (χ4n) is 5.99. The number of piperidine rings is 1. The number of hydrogen-bond acceptors (Lipinski definition) is 9. The highest BCUT2D eigenvalue weighted by Crippen LogP contribution is 2.31. The van der Waals surface area contributed by atoms with Crippen LogP contribution < -0.4 is 16.0 Å². The Morgan fingerprint density at radius 3 is 2.02 bits per heavy atom. The highest BCUT2D eigenvalue weighted by Gasteiger charge is 2.36. The van der Waals surface area contributed by atoms with Crippen molar-refractivity contribution in [3.63, 3.8) is 0 Å². The molecule has 1 unspecified atom stereocenters. The van der Waals surface area contributed by atoms with Crippen molar-refractivity contribution >= 4 is 47.3 Å². The number of rotatable bonds is 8. The summed E-state index contributed by atoms with van der Waals surface area (Å²) in [5.41, 5.74) is 9.20. The number of nitrogen functional groups attached to an aromatic ring is 1. The normalized spacial score (nSPS) is 14.4. The van der Waals surface area contributed by atoms with Gasteiger partial charge in [0, 0.05) is 18.7 Å². The van der Waals surface area contributed by atoms with Crippen LogP contribution in [0.3, 0.4) is 0 Å². The third kappa shape index (κ3) is 10.6. The number of amides is 4. The highest BCUT2D eigenvalue weighted by atomic mass is 16.6. The molecule has 13 heteroatoms. The molecule has 4 aromatic rings. The van der Waals surface area contributed by atoms with E-state index < -0.39 is 35.9 Å². The SMILES string of the molecule is COC(=O)c1ccc(N(C(=O)c2ccc(C(C)(C)C)cc2)C(=O)C2CCCN(C(=NC(=O)OCc3ccccc3)NC(=O)OCc3ccccc3)C2)c(N)c1. The number of esters is 1. The zero-order valence-corrected chi connectivity index (χ0v) is 31.3. The Morgan fingerprint density at radius 2 is 1.44 bits per heavy atom. The smallest absolute Gasteiger partial charge is 0.437 e. The molecule has 4 aromatic carbocycles. The molecule has 286 valence electrons. The summed E-state index contributed by atoms with van der Waals surface area (Å²) in [5.74, 6) is -2.83. The number of carbonyl (C=O) groups is 5. The van der Waals surface area contributed by atoms with E-state index in [9.17, 15) is 24.0 Å². The van der Waals surface area contributed by atoms with E-state index in [1.165, 1.54) is 25.3 Å². The molecular weight excluding hydrogens is 702 g/mol. The molecule has 0 radical (unpaired) electrons. The number of nitrogens with zero attached hydrogens (tertiary/aromatic N) is 3. The first-order valence-corrected chi connectivity index (χ1v) is 17.8. The second-order valence-electron chi connectivity index (χ2n) is 14.0. The molecule has 1 aliphatic heterocycles. The number of methoxy groups -OCH3 is 1. The topological polar surface area (TPSA) is 170 Å². The van der Waals surface area contributed by atoms with Crippen molar-refractivity contribution < 1.29 is 38.2 Å². The van der Waals surface area contributed by atoms with Crippen LogP contribution in [0.2, 0.25) is 0 Å². The molecule has 0 saturated carbocycles. The number of alkyl carbamates (subject to hydrolysis) is 1. The molecule has 1 heterocycles. The summed E-state index contributed by atoms with van der Waals surface area (Å²) < 4.78 is 15.6. The van der Waals surface area contributed by atoms with E-state index in [1.54, 1.807) is 41.3 Å². The third-order valence-corrected chi connectivity index (χ3v) is 9.01. The zero-order chi connectivity index (χ0) is 39.5. The van der Waals surface area contributed by atoms with Gasteiger partial charge in [-0.05, 0) is 65.3 Å². The van der Waals surface area contributed by atoms with Crippen molar-refractivity contribution in [2.24, 2.45) is 10.9 Å². The number of benzene rings is 4. The molecule has 1 saturated heterocycles. The number of imide groups is 1. The van der Waals surface area contributed by atoms with Gasteiger partial charge < -0.3 is 24.8 Å². The number of anilines is 2. The molecule has 0 bridgehead atoms. The number of guanidine groups is 1. The largest absolute Gasteiger partial charge is 0.465 e. The van der Waals surface area contributed by atoms with Crippen molar-refractivity contribution in [2.75, 3.05) is 30.8 Å². The summed E-state index contributed by atoms with van der Waals surface area (Å²) in [7, 11) is 1.24. The van der Waals surface area contributed by atoms with Gasteiger partial charge in [0.1, 0.15) is 13.2 Å². The first kappa shape index (κ1) is 39.7. The summed E-state index contributed by atoms with van der Waals surface area (Å²) in [4.78, 5) is 73.9. The molecular formula is C42H45N5O8. The van der Waals surface area contributed by atoms with Crippen LogP contribution >= 0.6 is 0 Å². The van der Waals surface area contributed by atoms with Gasteiger partial charge >= 0.3 is 18.2 Å². The molecule has 1 aliphatic rings. The predicted octanol–water partition coefficient (Wildman–Crippen LogP) is 6.86. The molecule has 4 amide bonds. The maximum atomic E-state index is 14.6. The number of carbonyl (C=O) groups excluding carboxylic acids is 5. The Morgan fingerprint density at radius 1 is 0.836 bits per heavy atom. The van der Waals surface area contributed by atoms with Crippen molar-refractivity contribution in [1.29, 1.82) is 0 Å². The molecule has 0 aromatic heterocycles. The van der Waals surface area contributed by atoms with Crippen LogP contribution in [0.4, 0.5) is 21.0 Å². The maximum Gasteiger partial charge on any atom is 0.437 e. The van der Waals surface area contributed by atoms with Crippen LogP contribution in [0.15, 0.2) is 108 Å². The number of ether oxygens (including phenoxy) is 3. The standard InChI is InChI=1S/C42H45N5O8/c1-42(2,3)33-20-17-30(18-21-33)36(48)47(35-22-19-31(24-34(35)43)38(50)53-4)37(49)32-16-11-23-46(25-32)39(44-40(51)54-26-28-12-7-5-8-13-28)45-41(52)55-27-29-14-9-6-10-15-29/h5-10,12-15,17-22,24,32H,11,16,23,25-27,43H2,1-4H3,(H,44,45,51,52). The van der Waals surface area contributed by atoms with E-state index in [4.69, 9.17) is 19.9 Å². The fraction of sp³-hybridized carbons (Fsp3) is 0.286. The Kier molecular flexibility index (Phi) is 13.0. The monoisotopic (exact) mass is 747 g/mol. The summed E-state index contributed by atoms with van der Waals surface area (Å²) in [6.45, 7) is 6.34. The van der Waals surface area contributed by atoms with Crippen LogP contribution in [-0.4, -0.2) is 61.0 Å². The highest BCUT2D eigenvalue weighted by molar-refractivity contribution is 6.23. The lowest BCUT2D eigenvalue weighted by Crippen LogP contribution is -2.52. The Bertz CT molecular complexity index is 2030. The van der Waals surface area contributed by atoms with Crippen LogP contribution in [0.25, 0.3) is 0 Å². The van der Waals surface area contributed by atoms with Crippen LogP contribution in [0.5, 0.6) is 0 Å². The van der Waals surface area contributed by atoms with Gasteiger partial charge in [-0.2, -0.15) is 0 Å². The average molecular weight is 748 g/mol. The number of nitrogens with two attached hydrogens (primary N) is 1. The first-order chi connectivity index (χ1) is 26.3. The van der Waals surface area contributed by atoms with Gasteiger partial charge in [0.2, 0.25) is 11.9 Å². The Balaban J connectivity index is 1.43. The minimum atomic E-state index is -0.968. The first-order valence-electron chi connectivity index (χ1n) is 17.8. The van der Waals surface area contributed by atoms with Gasteiger partial charge in [-0.3, -0.25) is 14.9 Å². The van der Waals surface area contributed by atoms with Gasteiger partial charge in [0.25, 0.3) is 5.91 Å². The predicted molar refractivity (Wildman–Crippen MR) is 207 cm³/mol. The lowest BCUT2D eigenvalue weighted by molar-refractivity contribution is -0.122. The van der Waals surface area contributed by atoms with Crippen molar-refractivity contribution in [2.45, 2.75) is 52.2 Å². The quantitative estimate of drug-likeness (QED) is 0.0485. The van der Waals surface area contributed by atoms with Gasteiger partial charge in [-0.15, -0.1) is 4.99 Å². The van der Waals surface area contributed by atoms with Crippen LogP contribution in [0.1, 0.15) is 71.0 Å². The van der Waals surface area contributed by atoms with E-state index in [2.05, 4.69) is 31.1 Å². The van der Waals surface area contributed by atoms with Crippen molar-refractivity contribution in [1.82, 2.24) is 10.2 Å². The molecule has 3 N–H and O–H groups in total. The van der Waals surface area contributed by atoms with Gasteiger partial charge in [0.05, 0.1) is 30.0 Å². The van der Waals surface area contributed by atoms with E-state index in [0.717, 1.165) is 21.6 Å². The van der Waals surface area contributed by atoms with E-state index in [-0.39, 0.29) is 53.6 Å². The molecule has 13 nitrogen and oxygen atoms in total. The summed E-state index contributed by atoms with van der Waals surface area (Å²) in [6, 6.07) is 29.3. The lowest BCUT2D eigenvalue weighted by atomic mass is 9.86. The van der Waals surface area contributed by atoms with Crippen molar-refractivity contribution in [3.8, 4) is 0 Å². The summed E-state index contributed by atoms with van der Waals surface area (Å²) in [6.07, 6.45) is -1.04. The Labute approximate surface area is 320 Å². The fourth-order valence-corrected chi connectivity index (χ4v) is 5.99. The zero-order valence-electron chi connectivity index (χ0n) is 31.3. The number of aliphatic imine (C=N–C) groups is 1. The van der Waals surface area contributed by atoms with Crippen LogP contribution in [0, 0.1) is 5.92 Å². The summed E-state index contributed by atoms with van der Waals surface area (Å²) in [5, 5.41) is 2.56. The number of hydrogen-bond donors (Lipinski definition) is 2. The molecule has 5 rings (SSSR count). The van der Waals surface area contributed by atoms with E-state index >= 15 is 0 Å². The second kappa shape index (κ2) is 18.0. The number of likely N-dealkylation sites (tertiary alicyclic amines) is 1. The minimum absolute atomic E-state index is 0.00909. The molecule has 0 aliphatic carbocycles. The molecule has 55 heavy (non-hydrogen) atoms. The average Bonchev–Trinajstić information content (AvgIpc) is 3.19. The second-order valence-corrected chi connectivity index (χ2v) is 14.0. The Hall–Kier alpha value is -6.50. The maximum absolute atomic E-state index is 14.6. The molecule has 0 spiro atoms. The van der Waals surface area contributed by atoms with E-state index in [0.29, 0.717) is 19.4 Å². The van der Waals surface area contributed by atoms with Crippen molar-refractivity contribution in [3.05, 3.63) is 131 Å². The lowest BCUT2D eigenvalue weighted by Gasteiger charge is -2.36. The van der Waals surface area contributed by atoms with Gasteiger partial charge in [-0.1, -0.05) is 93.6 Å². The van der Waals surface area contributed by atoms with Gasteiger partial charge in [0.15, 0.2) is 0 Å². The molecule has 1 fully saturated rings. The minimum Gasteiger partial charge on any atom is -0.465 e. The summed E-state index contributed by atoms with van der Waals surface area (Å²) >= 11 is 0. The third-order valence-electron chi connectivity index (χ3n) is 9.01. The molecule has 1 atom stereocenters. The van der Waals surface area contributed by atoms with Gasteiger partial charge in [-0.25, -0.2) is 19.3 Å².